The molecule has 4 rings (SSSR count). The number of nitrogens with zero attached hydrogens (tertiary/aromatic N) is 1. The summed E-state index contributed by atoms with van der Waals surface area (Å²) in [6, 6.07) is 9.70. The highest BCUT2D eigenvalue weighted by molar-refractivity contribution is 8.14. The molecule has 1 aromatic carbocycles. The minimum atomic E-state index is 0.487. The number of ether oxygens (including phenoxy) is 1. The lowest BCUT2D eigenvalue weighted by molar-refractivity contribution is 0.0905. The maximum Gasteiger partial charge on any atom is 0.114 e. The van der Waals surface area contributed by atoms with Gasteiger partial charge in [-0.25, -0.2) is 0 Å². The Kier molecular flexibility index (Phi) is 4.81. The second-order valence-electron chi connectivity index (χ2n) is 6.67. The van der Waals surface area contributed by atoms with E-state index in [0.717, 1.165) is 37.5 Å². The molecule has 1 fully saturated rings. The summed E-state index contributed by atoms with van der Waals surface area (Å²) in [4.78, 5) is 8.51. The fourth-order valence-corrected chi connectivity index (χ4v) is 4.58. The van der Waals surface area contributed by atoms with E-state index in [-0.39, 0.29) is 0 Å². The molecule has 1 aromatic heterocycles. The lowest BCUT2D eigenvalue weighted by atomic mass is 10.1. The van der Waals surface area contributed by atoms with Crippen molar-refractivity contribution in [1.29, 1.82) is 0 Å². The first-order valence-corrected chi connectivity index (χ1v) is 9.99. The van der Waals surface area contributed by atoms with Crippen molar-refractivity contribution in [3.05, 3.63) is 30.0 Å². The van der Waals surface area contributed by atoms with Crippen molar-refractivity contribution < 1.29 is 4.74 Å². The molecule has 0 radical (unpaired) electrons. The van der Waals surface area contributed by atoms with Crippen LogP contribution in [0.4, 0.5) is 5.69 Å². The summed E-state index contributed by atoms with van der Waals surface area (Å²) >= 11 is 1.88. The van der Waals surface area contributed by atoms with Crippen LogP contribution in [0.1, 0.15) is 38.3 Å². The lowest BCUT2D eigenvalue weighted by Crippen LogP contribution is -2.27. The number of fused-ring (bicyclic) bond motifs is 1. The van der Waals surface area contributed by atoms with Gasteiger partial charge in [-0.1, -0.05) is 25.5 Å². The predicted molar refractivity (Wildman–Crippen MR) is 103 cm³/mol. The molecule has 0 amide bonds. The van der Waals surface area contributed by atoms with Crippen LogP contribution < -0.4 is 5.32 Å². The van der Waals surface area contributed by atoms with Crippen molar-refractivity contribution in [2.45, 2.75) is 44.7 Å². The number of para-hydroxylation sites is 1. The first-order chi connectivity index (χ1) is 11.8. The van der Waals surface area contributed by atoms with E-state index in [1.54, 1.807) is 0 Å². The normalized spacial score (nSPS) is 22.0. The van der Waals surface area contributed by atoms with E-state index >= 15 is 0 Å². The molecule has 2 N–H and O–H groups in total. The average Bonchev–Trinajstić information content (AvgIpc) is 3.23. The Labute approximate surface area is 147 Å². The maximum atomic E-state index is 5.46. The van der Waals surface area contributed by atoms with Crippen LogP contribution in [0.3, 0.4) is 0 Å². The Morgan fingerprint density at radius 1 is 1.33 bits per heavy atom. The van der Waals surface area contributed by atoms with Crippen LogP contribution in [0.25, 0.3) is 10.9 Å². The smallest absolute Gasteiger partial charge is 0.114 e. The quantitative estimate of drug-likeness (QED) is 0.845. The molecule has 24 heavy (non-hydrogen) atoms. The fourth-order valence-electron chi connectivity index (χ4n) is 3.50. The summed E-state index contributed by atoms with van der Waals surface area (Å²) < 4.78 is 5.46. The molecule has 0 saturated carbocycles. The number of hydrogen-bond acceptors (Lipinski definition) is 4. The molecule has 4 nitrogen and oxygen atoms in total. The van der Waals surface area contributed by atoms with Crippen LogP contribution in [0.5, 0.6) is 0 Å². The number of thioether (sulfide) groups is 1. The molecular formula is C19H25N3OS. The van der Waals surface area contributed by atoms with Crippen LogP contribution >= 0.6 is 11.8 Å². The molecule has 0 spiro atoms. The summed E-state index contributed by atoms with van der Waals surface area (Å²) in [5, 5.41) is 6.12. The van der Waals surface area contributed by atoms with E-state index in [1.165, 1.54) is 34.5 Å². The average molecular weight is 343 g/mol. The largest absolute Gasteiger partial charge is 0.381 e. The Hall–Kier alpha value is -1.46. The summed E-state index contributed by atoms with van der Waals surface area (Å²) in [6.45, 7) is 3.95. The first-order valence-electron chi connectivity index (χ1n) is 9.00. The van der Waals surface area contributed by atoms with E-state index in [0.29, 0.717) is 12.1 Å². The summed E-state index contributed by atoms with van der Waals surface area (Å²) in [6.07, 6.45) is 4.54. The molecule has 2 aliphatic rings. The van der Waals surface area contributed by atoms with Gasteiger partial charge in [0.15, 0.2) is 0 Å². The van der Waals surface area contributed by atoms with Crippen molar-refractivity contribution in [2.75, 3.05) is 24.3 Å². The second kappa shape index (κ2) is 7.19. The van der Waals surface area contributed by atoms with Gasteiger partial charge in [0.2, 0.25) is 0 Å². The number of H-pyrrole nitrogens is 1. The SMILES string of the molecule is CCC[C@@H]1CSC(c2cc3cccc(NC4CCOCC4)c3[nH]2)=N1. The van der Waals surface area contributed by atoms with E-state index in [9.17, 15) is 0 Å². The fraction of sp³-hybridized carbons (Fsp3) is 0.526. The summed E-state index contributed by atoms with van der Waals surface area (Å²) in [5.41, 5.74) is 3.55. The Bertz CT molecular complexity index is 733. The van der Waals surface area contributed by atoms with Gasteiger partial charge < -0.3 is 15.0 Å². The standard InChI is InChI=1S/C19H25N3OS/c1-2-4-15-12-24-19(21-15)17-11-13-5-3-6-16(18(13)22-17)20-14-7-9-23-10-8-14/h3,5-6,11,14-15,20,22H,2,4,7-10,12H2,1H3/t15-/m1/s1. The zero-order valence-corrected chi connectivity index (χ0v) is 15.0. The molecule has 5 heteroatoms. The van der Waals surface area contributed by atoms with Gasteiger partial charge in [-0.3, -0.25) is 4.99 Å². The summed E-state index contributed by atoms with van der Waals surface area (Å²) in [5.74, 6) is 1.12. The van der Waals surface area contributed by atoms with E-state index in [1.807, 2.05) is 11.8 Å². The molecular weight excluding hydrogens is 318 g/mol. The Balaban J connectivity index is 1.59. The molecule has 0 unspecified atom stereocenters. The number of rotatable bonds is 5. The van der Waals surface area contributed by atoms with Gasteiger partial charge in [0.05, 0.1) is 22.9 Å². The Morgan fingerprint density at radius 2 is 2.21 bits per heavy atom. The molecule has 1 saturated heterocycles. The molecule has 3 heterocycles. The van der Waals surface area contributed by atoms with E-state index in [2.05, 4.69) is 41.5 Å². The number of anilines is 1. The van der Waals surface area contributed by atoms with Gasteiger partial charge in [0, 0.05) is 30.4 Å². The molecule has 1 atom stereocenters. The van der Waals surface area contributed by atoms with Crippen LogP contribution in [0, 0.1) is 0 Å². The third-order valence-corrected chi connectivity index (χ3v) is 5.95. The third-order valence-electron chi connectivity index (χ3n) is 4.80. The van der Waals surface area contributed by atoms with Crippen molar-refractivity contribution in [3.8, 4) is 0 Å². The monoisotopic (exact) mass is 343 g/mol. The van der Waals surface area contributed by atoms with Crippen LogP contribution in [0.15, 0.2) is 29.3 Å². The topological polar surface area (TPSA) is 49.4 Å². The highest BCUT2D eigenvalue weighted by atomic mass is 32.2. The molecule has 0 aliphatic carbocycles. The third kappa shape index (κ3) is 3.33. The number of aliphatic imine (C=N–C) groups is 1. The number of aromatic nitrogens is 1. The van der Waals surface area contributed by atoms with Crippen LogP contribution in [-0.4, -0.2) is 41.1 Å². The molecule has 128 valence electrons. The highest BCUT2D eigenvalue weighted by Crippen LogP contribution is 2.30. The van der Waals surface area contributed by atoms with E-state index < -0.39 is 0 Å². The van der Waals surface area contributed by atoms with Crippen molar-refractivity contribution in [2.24, 2.45) is 4.99 Å². The zero-order valence-electron chi connectivity index (χ0n) is 14.2. The maximum absolute atomic E-state index is 5.46. The minimum Gasteiger partial charge on any atom is -0.381 e. The van der Waals surface area contributed by atoms with Gasteiger partial charge in [-0.2, -0.15) is 0 Å². The minimum absolute atomic E-state index is 0.487. The number of nitrogens with one attached hydrogen (secondary N) is 2. The molecule has 2 aliphatic heterocycles. The second-order valence-corrected chi connectivity index (χ2v) is 7.68. The lowest BCUT2D eigenvalue weighted by Gasteiger charge is -2.24. The first kappa shape index (κ1) is 16.0. The number of benzene rings is 1. The Morgan fingerprint density at radius 3 is 3.04 bits per heavy atom. The van der Waals surface area contributed by atoms with Gasteiger partial charge in [0.25, 0.3) is 0 Å². The van der Waals surface area contributed by atoms with Crippen molar-refractivity contribution in [3.63, 3.8) is 0 Å². The van der Waals surface area contributed by atoms with Gasteiger partial charge >= 0.3 is 0 Å². The van der Waals surface area contributed by atoms with Crippen LogP contribution in [0.2, 0.25) is 0 Å². The molecule has 2 aromatic rings. The van der Waals surface area contributed by atoms with Gasteiger partial charge in [-0.05, 0) is 31.4 Å². The van der Waals surface area contributed by atoms with Crippen LogP contribution in [-0.2, 0) is 4.74 Å². The van der Waals surface area contributed by atoms with Gasteiger partial charge in [0.1, 0.15) is 5.04 Å². The number of hydrogen-bond donors (Lipinski definition) is 2. The predicted octanol–water partition coefficient (Wildman–Crippen LogP) is 4.42. The van der Waals surface area contributed by atoms with Gasteiger partial charge in [-0.15, -0.1) is 11.8 Å². The van der Waals surface area contributed by atoms with Crippen molar-refractivity contribution >= 4 is 33.4 Å². The van der Waals surface area contributed by atoms with Crippen molar-refractivity contribution in [1.82, 2.24) is 4.98 Å². The zero-order chi connectivity index (χ0) is 16.4. The summed E-state index contributed by atoms with van der Waals surface area (Å²) in [7, 11) is 0. The molecule has 0 bridgehead atoms. The van der Waals surface area contributed by atoms with E-state index in [4.69, 9.17) is 9.73 Å². The highest BCUT2D eigenvalue weighted by Gasteiger charge is 2.21. The number of aromatic amines is 1.